The van der Waals surface area contributed by atoms with Crippen molar-refractivity contribution in [3.8, 4) is 11.3 Å². The predicted molar refractivity (Wildman–Crippen MR) is 100 cm³/mol. The fourth-order valence-electron chi connectivity index (χ4n) is 2.67. The Morgan fingerprint density at radius 3 is 2.42 bits per heavy atom. The maximum atomic E-state index is 13.7. The Labute approximate surface area is 155 Å². The third-order valence-electron chi connectivity index (χ3n) is 4.11. The van der Waals surface area contributed by atoms with Gasteiger partial charge in [-0.15, -0.1) is 0 Å². The van der Waals surface area contributed by atoms with Crippen LogP contribution in [0, 0.1) is 5.82 Å². The van der Waals surface area contributed by atoms with Crippen molar-refractivity contribution in [3.05, 3.63) is 86.4 Å². The molecule has 7 heteroatoms. The van der Waals surface area contributed by atoms with E-state index < -0.39 is 0 Å². The van der Waals surface area contributed by atoms with Gasteiger partial charge in [0, 0.05) is 34.8 Å². The van der Waals surface area contributed by atoms with Crippen LogP contribution in [0.15, 0.2) is 53.3 Å². The van der Waals surface area contributed by atoms with Crippen LogP contribution in [-0.4, -0.2) is 9.78 Å². The molecule has 26 heavy (non-hydrogen) atoms. The lowest BCUT2D eigenvalue weighted by Gasteiger charge is -2.12. The highest BCUT2D eigenvalue weighted by molar-refractivity contribution is 6.31. The normalized spacial score (nSPS) is 10.9. The first kappa shape index (κ1) is 18.3. The molecule has 0 fully saturated rings. The topological polar surface area (TPSA) is 86.9 Å². The Kier molecular flexibility index (Phi) is 5.46. The molecular formula is C19H18ClFN4O. The largest absolute Gasteiger partial charge is 0.326 e. The summed E-state index contributed by atoms with van der Waals surface area (Å²) in [6.45, 7) is 0.356. The van der Waals surface area contributed by atoms with Crippen LogP contribution in [0.25, 0.3) is 11.3 Å². The van der Waals surface area contributed by atoms with Gasteiger partial charge in [0.25, 0.3) is 5.56 Å². The summed E-state index contributed by atoms with van der Waals surface area (Å²) in [7, 11) is 0. The van der Waals surface area contributed by atoms with Crippen LogP contribution in [0.2, 0.25) is 5.02 Å². The minimum Gasteiger partial charge on any atom is -0.326 e. The molecule has 0 amide bonds. The molecule has 4 N–H and O–H groups in total. The number of rotatable bonds is 5. The second-order valence-electron chi connectivity index (χ2n) is 5.82. The lowest BCUT2D eigenvalue weighted by atomic mass is 10.1. The third-order valence-corrected chi connectivity index (χ3v) is 4.48. The lowest BCUT2D eigenvalue weighted by molar-refractivity contribution is 0.610. The van der Waals surface area contributed by atoms with Crippen LogP contribution in [0.4, 0.5) is 4.39 Å². The van der Waals surface area contributed by atoms with Gasteiger partial charge in [-0.1, -0.05) is 29.8 Å². The summed E-state index contributed by atoms with van der Waals surface area (Å²) in [6.07, 6.45) is 0. The zero-order valence-corrected chi connectivity index (χ0v) is 14.7. The minimum absolute atomic E-state index is 0.0712. The van der Waals surface area contributed by atoms with E-state index >= 15 is 0 Å². The van der Waals surface area contributed by atoms with E-state index in [1.54, 1.807) is 24.3 Å². The van der Waals surface area contributed by atoms with Crippen molar-refractivity contribution in [2.24, 2.45) is 11.5 Å². The fraction of sp³-hybridized carbons (Fsp3) is 0.158. The number of hydrogen-bond acceptors (Lipinski definition) is 4. The van der Waals surface area contributed by atoms with Crippen molar-refractivity contribution in [3.63, 3.8) is 0 Å². The molecule has 1 aromatic heterocycles. The van der Waals surface area contributed by atoms with Crippen LogP contribution in [0.5, 0.6) is 0 Å². The van der Waals surface area contributed by atoms with Crippen molar-refractivity contribution in [2.45, 2.75) is 19.6 Å². The number of nitrogens with two attached hydrogens (primary N) is 2. The van der Waals surface area contributed by atoms with Crippen molar-refractivity contribution in [2.75, 3.05) is 0 Å². The molecule has 0 saturated heterocycles. The minimum atomic E-state index is -0.375. The Morgan fingerprint density at radius 1 is 1.00 bits per heavy atom. The molecule has 134 valence electrons. The number of benzene rings is 2. The van der Waals surface area contributed by atoms with Crippen LogP contribution < -0.4 is 17.0 Å². The second-order valence-corrected chi connectivity index (χ2v) is 6.23. The highest BCUT2D eigenvalue weighted by Crippen LogP contribution is 2.21. The van der Waals surface area contributed by atoms with Gasteiger partial charge in [-0.25, -0.2) is 9.07 Å². The summed E-state index contributed by atoms with van der Waals surface area (Å²) >= 11 is 6.19. The maximum absolute atomic E-state index is 13.7. The summed E-state index contributed by atoms with van der Waals surface area (Å²) < 4.78 is 15.0. The van der Waals surface area contributed by atoms with Crippen LogP contribution in [-0.2, 0) is 19.6 Å². The van der Waals surface area contributed by atoms with Crippen molar-refractivity contribution >= 4 is 11.6 Å². The molecule has 2 aromatic carbocycles. The van der Waals surface area contributed by atoms with E-state index in [9.17, 15) is 9.18 Å². The van der Waals surface area contributed by atoms with Gasteiger partial charge in [0.2, 0.25) is 0 Å². The molecule has 0 aliphatic rings. The average Bonchev–Trinajstić information content (AvgIpc) is 2.65. The van der Waals surface area contributed by atoms with Gasteiger partial charge in [-0.3, -0.25) is 4.79 Å². The maximum Gasteiger partial charge on any atom is 0.271 e. The number of nitrogens with zero attached hydrogens (tertiary/aromatic N) is 2. The first-order chi connectivity index (χ1) is 12.5. The van der Waals surface area contributed by atoms with Gasteiger partial charge in [0.05, 0.1) is 12.2 Å². The SMILES string of the molecule is NCc1cc(-c2cc(CN)c(=O)n(Cc3ccccc3Cl)n2)ccc1F. The van der Waals surface area contributed by atoms with Crippen molar-refractivity contribution < 1.29 is 4.39 Å². The molecule has 5 nitrogen and oxygen atoms in total. The number of halogens is 2. The van der Waals surface area contributed by atoms with Gasteiger partial charge in [0.15, 0.2) is 0 Å². The van der Waals surface area contributed by atoms with Crippen molar-refractivity contribution in [1.29, 1.82) is 0 Å². The molecule has 1 heterocycles. The summed E-state index contributed by atoms with van der Waals surface area (Å²) in [4.78, 5) is 12.6. The molecule has 0 aliphatic carbocycles. The molecule has 0 unspecified atom stereocenters. The van der Waals surface area contributed by atoms with E-state index in [1.807, 2.05) is 18.2 Å². The van der Waals surface area contributed by atoms with E-state index in [1.165, 1.54) is 10.7 Å². The second kappa shape index (κ2) is 7.78. The fourth-order valence-corrected chi connectivity index (χ4v) is 2.87. The zero-order valence-electron chi connectivity index (χ0n) is 14.0. The Balaban J connectivity index is 2.10. The summed E-state index contributed by atoms with van der Waals surface area (Å²) in [5, 5.41) is 4.97. The van der Waals surface area contributed by atoms with Gasteiger partial charge in [-0.2, -0.15) is 5.10 Å². The molecule has 3 aromatic rings. The molecule has 0 radical (unpaired) electrons. The first-order valence-electron chi connectivity index (χ1n) is 8.07. The van der Waals surface area contributed by atoms with E-state index in [4.69, 9.17) is 23.1 Å². The molecule has 0 bridgehead atoms. The van der Waals surface area contributed by atoms with Crippen LogP contribution in [0.1, 0.15) is 16.7 Å². The van der Waals surface area contributed by atoms with Crippen LogP contribution >= 0.6 is 11.6 Å². The lowest BCUT2D eigenvalue weighted by Crippen LogP contribution is -2.28. The van der Waals surface area contributed by atoms with Crippen molar-refractivity contribution in [1.82, 2.24) is 9.78 Å². The zero-order chi connectivity index (χ0) is 18.7. The monoisotopic (exact) mass is 372 g/mol. The molecule has 0 saturated carbocycles. The Bertz CT molecular complexity index is 1000. The summed E-state index contributed by atoms with van der Waals surface area (Å²) in [6, 6.07) is 13.4. The Hall–Kier alpha value is -2.54. The van der Waals surface area contributed by atoms with E-state index in [-0.39, 0.29) is 31.0 Å². The van der Waals surface area contributed by atoms with E-state index in [2.05, 4.69) is 5.10 Å². The predicted octanol–water partition coefficient (Wildman–Crippen LogP) is 2.67. The van der Waals surface area contributed by atoms with Gasteiger partial charge in [-0.05, 0) is 35.9 Å². The molecule has 0 aliphatic heterocycles. The smallest absolute Gasteiger partial charge is 0.271 e. The van der Waals surface area contributed by atoms with Gasteiger partial charge >= 0.3 is 0 Å². The summed E-state index contributed by atoms with van der Waals surface area (Å²) in [5.74, 6) is -0.375. The third kappa shape index (κ3) is 3.67. The Morgan fingerprint density at radius 2 is 1.73 bits per heavy atom. The highest BCUT2D eigenvalue weighted by atomic mass is 35.5. The molecule has 0 atom stereocenters. The van der Waals surface area contributed by atoms with Crippen LogP contribution in [0.3, 0.4) is 0 Å². The average molecular weight is 373 g/mol. The number of aromatic nitrogens is 2. The number of hydrogen-bond donors (Lipinski definition) is 2. The van der Waals surface area contributed by atoms with E-state index in [0.717, 1.165) is 5.56 Å². The standard InChI is InChI=1S/C19H18ClFN4O/c20-16-4-2-1-3-13(16)11-25-19(26)15(10-23)8-18(24-25)12-5-6-17(21)14(7-12)9-22/h1-8H,9-11,22-23H2. The molecule has 3 rings (SSSR count). The highest BCUT2D eigenvalue weighted by Gasteiger charge is 2.12. The molecular weight excluding hydrogens is 355 g/mol. The van der Waals surface area contributed by atoms with Gasteiger partial charge in [0.1, 0.15) is 5.82 Å². The quantitative estimate of drug-likeness (QED) is 0.720. The van der Waals surface area contributed by atoms with Gasteiger partial charge < -0.3 is 11.5 Å². The first-order valence-corrected chi connectivity index (χ1v) is 8.44. The van der Waals surface area contributed by atoms with E-state index in [0.29, 0.717) is 27.4 Å². The summed E-state index contributed by atoms with van der Waals surface area (Å²) in [5.41, 5.74) is 13.8. The molecule has 0 spiro atoms.